The topological polar surface area (TPSA) is 29.3 Å². The lowest BCUT2D eigenvalue weighted by Crippen LogP contribution is -2.61. The Kier molecular flexibility index (Phi) is 4.57. The molecule has 16 heavy (non-hydrogen) atoms. The van der Waals surface area contributed by atoms with Crippen LogP contribution >= 0.6 is 11.8 Å². The summed E-state index contributed by atoms with van der Waals surface area (Å²) >= 11 is 2.11. The highest BCUT2D eigenvalue weighted by atomic mass is 32.2. The van der Waals surface area contributed by atoms with Gasteiger partial charge in [-0.1, -0.05) is 13.3 Å². The maximum Gasteiger partial charge on any atom is 0.0425 e. The third-order valence-electron chi connectivity index (χ3n) is 4.39. The van der Waals surface area contributed by atoms with Crippen molar-refractivity contribution in [3.63, 3.8) is 0 Å². The van der Waals surface area contributed by atoms with Crippen molar-refractivity contribution >= 4 is 11.8 Å². The van der Waals surface area contributed by atoms with Crippen LogP contribution < -0.4 is 5.73 Å². The van der Waals surface area contributed by atoms with Crippen LogP contribution in [0.1, 0.15) is 45.4 Å². The number of nitrogens with two attached hydrogens (primary N) is 1. The fourth-order valence-corrected chi connectivity index (χ4v) is 4.69. The van der Waals surface area contributed by atoms with E-state index >= 15 is 0 Å². The van der Waals surface area contributed by atoms with Crippen molar-refractivity contribution in [2.45, 2.75) is 57.0 Å². The van der Waals surface area contributed by atoms with Gasteiger partial charge in [-0.15, -0.1) is 0 Å². The van der Waals surface area contributed by atoms with E-state index < -0.39 is 0 Å². The van der Waals surface area contributed by atoms with Crippen molar-refractivity contribution in [2.75, 3.05) is 24.6 Å². The van der Waals surface area contributed by atoms with Crippen LogP contribution in [-0.4, -0.2) is 41.1 Å². The molecule has 2 aliphatic heterocycles. The van der Waals surface area contributed by atoms with Gasteiger partial charge in [-0.3, -0.25) is 4.90 Å². The molecule has 2 atom stereocenters. The lowest BCUT2D eigenvalue weighted by molar-refractivity contribution is 0.0271. The fraction of sp³-hybridized carbons (Fsp3) is 1.00. The normalized spacial score (nSPS) is 37.5. The van der Waals surface area contributed by atoms with Crippen LogP contribution in [0.5, 0.6) is 0 Å². The molecule has 0 aromatic heterocycles. The second-order valence-corrected chi connectivity index (χ2v) is 6.44. The van der Waals surface area contributed by atoms with Gasteiger partial charge in [0.2, 0.25) is 0 Å². The van der Waals surface area contributed by atoms with Gasteiger partial charge in [-0.25, -0.2) is 0 Å². The van der Waals surface area contributed by atoms with Crippen LogP contribution in [0.3, 0.4) is 0 Å². The van der Waals surface area contributed by atoms with Crippen molar-refractivity contribution in [3.05, 3.63) is 0 Å². The lowest BCUT2D eigenvalue weighted by Gasteiger charge is -2.51. The molecule has 2 heterocycles. The van der Waals surface area contributed by atoms with Gasteiger partial charge >= 0.3 is 0 Å². The van der Waals surface area contributed by atoms with Crippen molar-refractivity contribution in [2.24, 2.45) is 5.73 Å². The minimum Gasteiger partial charge on any atom is -0.329 e. The smallest absolute Gasteiger partial charge is 0.0425 e. The summed E-state index contributed by atoms with van der Waals surface area (Å²) in [5.41, 5.74) is 6.47. The van der Waals surface area contributed by atoms with Crippen LogP contribution in [-0.2, 0) is 0 Å². The minimum atomic E-state index is 0.337. The van der Waals surface area contributed by atoms with Crippen LogP contribution in [0.4, 0.5) is 0 Å². The Hall–Kier alpha value is 0.270. The molecule has 2 rings (SSSR count). The quantitative estimate of drug-likeness (QED) is 0.824. The molecule has 2 unspecified atom stereocenters. The zero-order chi connectivity index (χ0) is 11.4. The summed E-state index contributed by atoms with van der Waals surface area (Å²) in [7, 11) is 0. The second kappa shape index (κ2) is 5.74. The summed E-state index contributed by atoms with van der Waals surface area (Å²) in [6.45, 7) is 4.48. The van der Waals surface area contributed by atoms with Crippen molar-refractivity contribution in [3.8, 4) is 0 Å². The zero-order valence-corrected chi connectivity index (χ0v) is 11.4. The van der Waals surface area contributed by atoms with Crippen molar-refractivity contribution in [1.29, 1.82) is 0 Å². The van der Waals surface area contributed by atoms with Crippen LogP contribution in [0.2, 0.25) is 0 Å². The number of hydrogen-bond donors (Lipinski definition) is 1. The summed E-state index contributed by atoms with van der Waals surface area (Å²) in [6, 6.07) is 0.802. The lowest BCUT2D eigenvalue weighted by atomic mass is 9.87. The molecule has 0 saturated carbocycles. The Labute approximate surface area is 104 Å². The maximum atomic E-state index is 6.13. The van der Waals surface area contributed by atoms with Gasteiger partial charge in [-0.05, 0) is 44.4 Å². The summed E-state index contributed by atoms with van der Waals surface area (Å²) in [4.78, 5) is 2.78. The van der Waals surface area contributed by atoms with Crippen LogP contribution in [0.15, 0.2) is 0 Å². The first-order chi connectivity index (χ1) is 7.82. The number of hydrogen-bond acceptors (Lipinski definition) is 3. The summed E-state index contributed by atoms with van der Waals surface area (Å²) in [5.74, 6) is 2.60. The molecular formula is C13H26N2S. The Morgan fingerprint density at radius 2 is 2.25 bits per heavy atom. The predicted octanol–water partition coefficient (Wildman–Crippen LogP) is 2.48. The molecule has 0 amide bonds. The average Bonchev–Trinajstić information content (AvgIpc) is 2.39. The SMILES string of the molecule is CCC1CCCCN1C1(CN)CCCSC1. The summed E-state index contributed by atoms with van der Waals surface area (Å²) in [6.07, 6.45) is 8.17. The van der Waals surface area contributed by atoms with E-state index in [4.69, 9.17) is 5.73 Å². The predicted molar refractivity (Wildman–Crippen MR) is 73.0 cm³/mol. The van der Waals surface area contributed by atoms with E-state index in [0.717, 1.165) is 12.6 Å². The Balaban J connectivity index is 2.10. The highest BCUT2D eigenvalue weighted by molar-refractivity contribution is 7.99. The molecule has 94 valence electrons. The van der Waals surface area contributed by atoms with E-state index in [1.54, 1.807) is 0 Å². The summed E-state index contributed by atoms with van der Waals surface area (Å²) in [5, 5.41) is 0. The van der Waals surface area contributed by atoms with Crippen molar-refractivity contribution < 1.29 is 0 Å². The maximum absolute atomic E-state index is 6.13. The molecule has 2 fully saturated rings. The molecule has 2 aliphatic rings. The number of rotatable bonds is 3. The highest BCUT2D eigenvalue weighted by Gasteiger charge is 2.40. The molecule has 0 aliphatic carbocycles. The fourth-order valence-electron chi connectivity index (χ4n) is 3.39. The van der Waals surface area contributed by atoms with Gasteiger partial charge in [0.05, 0.1) is 0 Å². The second-order valence-electron chi connectivity index (χ2n) is 5.34. The largest absolute Gasteiger partial charge is 0.329 e. The standard InChI is InChI=1S/C13H26N2S/c1-2-12-6-3-4-8-15(12)13(10-14)7-5-9-16-11-13/h12H,2-11,14H2,1H3. The molecule has 0 aromatic rings. The van der Waals surface area contributed by atoms with E-state index in [2.05, 4.69) is 23.6 Å². The highest BCUT2D eigenvalue weighted by Crippen LogP contribution is 2.36. The van der Waals surface area contributed by atoms with E-state index in [9.17, 15) is 0 Å². The zero-order valence-electron chi connectivity index (χ0n) is 10.6. The molecule has 2 N–H and O–H groups in total. The molecule has 2 nitrogen and oxygen atoms in total. The van der Waals surface area contributed by atoms with Gasteiger partial charge in [0.15, 0.2) is 0 Å². The first kappa shape index (κ1) is 12.7. The Bertz CT molecular complexity index is 214. The molecule has 0 bridgehead atoms. The average molecular weight is 242 g/mol. The van der Waals surface area contributed by atoms with E-state index in [0.29, 0.717) is 5.54 Å². The number of nitrogens with zero attached hydrogens (tertiary/aromatic N) is 1. The van der Waals surface area contributed by atoms with Crippen LogP contribution in [0.25, 0.3) is 0 Å². The third-order valence-corrected chi connectivity index (χ3v) is 5.71. The number of likely N-dealkylation sites (tertiary alicyclic amines) is 1. The summed E-state index contributed by atoms with van der Waals surface area (Å²) < 4.78 is 0. The Morgan fingerprint density at radius 1 is 1.38 bits per heavy atom. The van der Waals surface area contributed by atoms with Crippen molar-refractivity contribution in [1.82, 2.24) is 4.90 Å². The van der Waals surface area contributed by atoms with Crippen LogP contribution in [0, 0.1) is 0 Å². The molecule has 0 aromatic carbocycles. The van der Waals surface area contributed by atoms with E-state index in [1.165, 1.54) is 56.6 Å². The molecule has 2 saturated heterocycles. The third kappa shape index (κ3) is 2.41. The van der Waals surface area contributed by atoms with E-state index in [-0.39, 0.29) is 0 Å². The van der Waals surface area contributed by atoms with Gasteiger partial charge in [0.25, 0.3) is 0 Å². The number of piperidine rings is 1. The Morgan fingerprint density at radius 3 is 2.88 bits per heavy atom. The molecular weight excluding hydrogens is 216 g/mol. The monoisotopic (exact) mass is 242 g/mol. The van der Waals surface area contributed by atoms with Gasteiger partial charge in [0.1, 0.15) is 0 Å². The number of thioether (sulfide) groups is 1. The van der Waals surface area contributed by atoms with Gasteiger partial charge in [0, 0.05) is 23.9 Å². The molecule has 3 heteroatoms. The van der Waals surface area contributed by atoms with Gasteiger partial charge in [-0.2, -0.15) is 11.8 Å². The first-order valence-corrected chi connectivity index (χ1v) is 8.02. The van der Waals surface area contributed by atoms with Gasteiger partial charge < -0.3 is 5.73 Å². The minimum absolute atomic E-state index is 0.337. The first-order valence-electron chi connectivity index (χ1n) is 6.87. The van der Waals surface area contributed by atoms with E-state index in [1.807, 2.05) is 0 Å². The molecule has 0 spiro atoms. The molecule has 0 radical (unpaired) electrons.